The van der Waals surface area contributed by atoms with E-state index in [0.717, 1.165) is 16.5 Å². The summed E-state index contributed by atoms with van der Waals surface area (Å²) < 4.78 is 19.5. The molecule has 1 aromatic heterocycles. The van der Waals surface area contributed by atoms with Crippen LogP contribution >= 0.6 is 0 Å². The molecule has 0 saturated heterocycles. The Bertz CT molecular complexity index is 1170. The van der Waals surface area contributed by atoms with Gasteiger partial charge in [-0.1, -0.05) is 54.6 Å². The van der Waals surface area contributed by atoms with E-state index in [2.05, 4.69) is 15.5 Å². The fraction of sp³-hybridized carbons (Fsp3) is 0.0435. The lowest BCUT2D eigenvalue weighted by Crippen LogP contribution is -2.17. The molecule has 0 unspecified atom stereocenters. The van der Waals surface area contributed by atoms with Crippen LogP contribution in [0.1, 0.15) is 21.6 Å². The third-order valence-corrected chi connectivity index (χ3v) is 4.38. The number of nitrogens with one attached hydrogen (secondary N) is 2. The summed E-state index contributed by atoms with van der Waals surface area (Å²) in [7, 11) is 0. The van der Waals surface area contributed by atoms with Gasteiger partial charge in [0.15, 0.2) is 0 Å². The summed E-state index contributed by atoms with van der Waals surface area (Å²) in [5.74, 6) is -0.157. The zero-order chi connectivity index (χ0) is 20.1. The molecule has 1 heterocycles. The molecule has 0 aliphatic heterocycles. The predicted molar refractivity (Wildman–Crippen MR) is 111 cm³/mol. The van der Waals surface area contributed by atoms with Crippen molar-refractivity contribution in [1.82, 2.24) is 10.4 Å². The number of fused-ring (bicyclic) bond motifs is 1. The van der Waals surface area contributed by atoms with Gasteiger partial charge in [-0.2, -0.15) is 5.10 Å². The largest absolute Gasteiger partial charge is 0.488 e. The summed E-state index contributed by atoms with van der Waals surface area (Å²) in [6, 6.07) is 23.3. The van der Waals surface area contributed by atoms with Gasteiger partial charge in [0.25, 0.3) is 5.91 Å². The average Bonchev–Trinajstić information content (AvgIpc) is 3.19. The molecule has 0 atom stereocenters. The number of carbonyl (C=O) groups is 1. The van der Waals surface area contributed by atoms with E-state index in [9.17, 15) is 9.18 Å². The zero-order valence-electron chi connectivity index (χ0n) is 15.4. The number of hydrazone groups is 1. The Morgan fingerprint density at radius 3 is 2.66 bits per heavy atom. The van der Waals surface area contributed by atoms with Crippen LogP contribution in [0, 0.1) is 5.82 Å². The third-order valence-electron chi connectivity index (χ3n) is 4.38. The van der Waals surface area contributed by atoms with E-state index in [1.165, 1.54) is 12.3 Å². The lowest BCUT2D eigenvalue weighted by molar-refractivity contribution is 0.0951. The number of aromatic amines is 1. The van der Waals surface area contributed by atoms with E-state index in [-0.39, 0.29) is 0 Å². The summed E-state index contributed by atoms with van der Waals surface area (Å²) >= 11 is 0. The van der Waals surface area contributed by atoms with E-state index in [0.29, 0.717) is 23.6 Å². The number of nitrogens with zero attached hydrogens (tertiary/aromatic N) is 1. The maximum atomic E-state index is 13.6. The van der Waals surface area contributed by atoms with Crippen molar-refractivity contribution in [2.24, 2.45) is 5.10 Å². The van der Waals surface area contributed by atoms with Gasteiger partial charge in [0.2, 0.25) is 0 Å². The number of amides is 1. The minimum absolute atomic E-state index is 0.293. The van der Waals surface area contributed by atoms with Gasteiger partial charge in [0.1, 0.15) is 23.9 Å². The van der Waals surface area contributed by atoms with Crippen molar-refractivity contribution in [2.45, 2.75) is 6.61 Å². The smallest absolute Gasteiger partial charge is 0.287 e. The molecule has 2 N–H and O–H groups in total. The fourth-order valence-corrected chi connectivity index (χ4v) is 2.91. The van der Waals surface area contributed by atoms with Crippen LogP contribution in [0.25, 0.3) is 10.9 Å². The number of aromatic nitrogens is 1. The van der Waals surface area contributed by atoms with Gasteiger partial charge in [-0.3, -0.25) is 4.79 Å². The maximum absolute atomic E-state index is 13.6. The highest BCUT2D eigenvalue weighted by molar-refractivity contribution is 6.00. The molecule has 0 radical (unpaired) electrons. The van der Waals surface area contributed by atoms with Crippen molar-refractivity contribution in [3.05, 3.63) is 102 Å². The molecular formula is C23H18FN3O2. The van der Waals surface area contributed by atoms with Gasteiger partial charge in [0.05, 0.1) is 6.21 Å². The average molecular weight is 387 g/mol. The number of ether oxygens (including phenoxy) is 1. The van der Waals surface area contributed by atoms with E-state index in [1.807, 2.05) is 48.5 Å². The molecule has 29 heavy (non-hydrogen) atoms. The highest BCUT2D eigenvalue weighted by Crippen LogP contribution is 2.27. The second kappa shape index (κ2) is 8.39. The molecule has 0 aliphatic rings. The highest BCUT2D eigenvalue weighted by atomic mass is 19.1. The van der Waals surface area contributed by atoms with Crippen molar-refractivity contribution in [1.29, 1.82) is 0 Å². The van der Waals surface area contributed by atoms with Crippen molar-refractivity contribution >= 4 is 23.0 Å². The SMILES string of the molecule is O=C(N/N=C/c1ccccc1F)c1cc2c(OCc3ccccc3)cccc2[nH]1. The Balaban J connectivity index is 1.48. The van der Waals surface area contributed by atoms with Crippen molar-refractivity contribution in [3.8, 4) is 5.75 Å². The van der Waals surface area contributed by atoms with Gasteiger partial charge in [-0.05, 0) is 29.8 Å². The molecule has 6 heteroatoms. The molecule has 144 valence electrons. The summed E-state index contributed by atoms with van der Waals surface area (Å²) in [5.41, 5.74) is 4.86. The molecule has 0 saturated carbocycles. The molecule has 0 spiro atoms. The highest BCUT2D eigenvalue weighted by Gasteiger charge is 2.12. The minimum atomic E-state index is -0.428. The number of benzene rings is 3. The van der Waals surface area contributed by atoms with Gasteiger partial charge < -0.3 is 9.72 Å². The molecule has 4 rings (SSSR count). The third kappa shape index (κ3) is 4.32. The van der Waals surface area contributed by atoms with E-state index in [4.69, 9.17) is 4.74 Å². The summed E-state index contributed by atoms with van der Waals surface area (Å²) in [6.07, 6.45) is 1.27. The van der Waals surface area contributed by atoms with Gasteiger partial charge in [-0.15, -0.1) is 0 Å². The molecule has 0 bridgehead atoms. The summed E-state index contributed by atoms with van der Waals surface area (Å²) in [6.45, 7) is 0.430. The van der Waals surface area contributed by atoms with Crippen LogP contribution in [-0.4, -0.2) is 17.1 Å². The van der Waals surface area contributed by atoms with Gasteiger partial charge in [0, 0.05) is 16.5 Å². The summed E-state index contributed by atoms with van der Waals surface area (Å²) in [4.78, 5) is 15.4. The standard InChI is InChI=1S/C23H18FN3O2/c24-19-10-5-4-9-17(19)14-25-27-23(28)21-13-18-20(26-21)11-6-12-22(18)29-15-16-7-2-1-3-8-16/h1-14,26H,15H2,(H,27,28)/b25-14+. The van der Waals surface area contributed by atoms with Crippen molar-refractivity contribution in [2.75, 3.05) is 0 Å². The van der Waals surface area contributed by atoms with Crippen LogP contribution in [0.4, 0.5) is 4.39 Å². The predicted octanol–water partition coefficient (Wildman–Crippen LogP) is 4.65. The van der Waals surface area contributed by atoms with E-state index < -0.39 is 11.7 Å². The number of halogens is 1. The van der Waals surface area contributed by atoms with Crippen molar-refractivity contribution in [3.63, 3.8) is 0 Å². The minimum Gasteiger partial charge on any atom is -0.488 e. The molecule has 0 fully saturated rings. The lowest BCUT2D eigenvalue weighted by Gasteiger charge is -2.07. The first-order valence-corrected chi connectivity index (χ1v) is 9.07. The Morgan fingerprint density at radius 1 is 1.03 bits per heavy atom. The van der Waals surface area contributed by atoms with E-state index in [1.54, 1.807) is 24.3 Å². The Kier molecular flexibility index (Phi) is 5.33. The lowest BCUT2D eigenvalue weighted by atomic mass is 10.2. The number of hydrogen-bond donors (Lipinski definition) is 2. The number of hydrogen-bond acceptors (Lipinski definition) is 3. The zero-order valence-corrected chi connectivity index (χ0v) is 15.4. The molecule has 3 aromatic carbocycles. The number of rotatable bonds is 6. The normalized spacial score (nSPS) is 11.1. The molecule has 0 aliphatic carbocycles. The topological polar surface area (TPSA) is 66.5 Å². The van der Waals surface area contributed by atoms with Crippen LogP contribution in [0.2, 0.25) is 0 Å². The number of H-pyrrole nitrogens is 1. The van der Waals surface area contributed by atoms with Crippen LogP contribution < -0.4 is 10.2 Å². The number of carbonyl (C=O) groups excluding carboxylic acids is 1. The van der Waals surface area contributed by atoms with Crippen LogP contribution in [0.15, 0.2) is 84.0 Å². The van der Waals surface area contributed by atoms with Crippen molar-refractivity contribution < 1.29 is 13.9 Å². The first-order valence-electron chi connectivity index (χ1n) is 9.07. The first-order chi connectivity index (χ1) is 14.2. The Hall–Kier alpha value is -3.93. The Morgan fingerprint density at radius 2 is 1.83 bits per heavy atom. The van der Waals surface area contributed by atoms with Crippen LogP contribution in [0.3, 0.4) is 0 Å². The first kappa shape index (κ1) is 18.4. The Labute approximate surface area is 166 Å². The van der Waals surface area contributed by atoms with Crippen LogP contribution in [0.5, 0.6) is 5.75 Å². The van der Waals surface area contributed by atoms with E-state index >= 15 is 0 Å². The molecule has 5 nitrogen and oxygen atoms in total. The molecule has 4 aromatic rings. The fourth-order valence-electron chi connectivity index (χ4n) is 2.91. The summed E-state index contributed by atoms with van der Waals surface area (Å²) in [5, 5.41) is 4.63. The quantitative estimate of drug-likeness (QED) is 0.374. The maximum Gasteiger partial charge on any atom is 0.287 e. The second-order valence-corrected chi connectivity index (χ2v) is 6.40. The van der Waals surface area contributed by atoms with Gasteiger partial charge in [-0.25, -0.2) is 9.82 Å². The molecule has 1 amide bonds. The van der Waals surface area contributed by atoms with Crippen LogP contribution in [-0.2, 0) is 6.61 Å². The second-order valence-electron chi connectivity index (χ2n) is 6.40. The van der Waals surface area contributed by atoms with Gasteiger partial charge >= 0.3 is 0 Å². The molecular weight excluding hydrogens is 369 g/mol. The monoisotopic (exact) mass is 387 g/mol.